The lowest BCUT2D eigenvalue weighted by atomic mass is 9.78. The number of methoxy groups -OCH3 is 1. The van der Waals surface area contributed by atoms with Crippen LogP contribution in [0.25, 0.3) is 10.9 Å². The van der Waals surface area contributed by atoms with Gasteiger partial charge in [0.15, 0.2) is 0 Å². The Morgan fingerprint density at radius 3 is 2.24 bits per heavy atom. The number of carbonyl (C=O) groups excluding carboxylic acids is 3. The first-order chi connectivity index (χ1) is 26.1. The fraction of sp³-hybridized carbons (Fsp3) is 0.415. The van der Waals surface area contributed by atoms with Gasteiger partial charge in [-0.25, -0.2) is 4.39 Å². The number of fused-ring (bicyclic) bond motifs is 3. The Kier molecular flexibility index (Phi) is 12.9. The van der Waals surface area contributed by atoms with Gasteiger partial charge in [-0.3, -0.25) is 14.4 Å². The topological polar surface area (TPSA) is 124 Å². The molecule has 55 heavy (non-hydrogen) atoms. The zero-order valence-electron chi connectivity index (χ0n) is 31.5. The number of carbonyl (C=O) groups is 3. The van der Waals surface area contributed by atoms with Gasteiger partial charge in [-0.2, -0.15) is 13.2 Å². The first-order valence-electron chi connectivity index (χ1n) is 18.4. The number of nitrogens with one attached hydrogen (secondary N) is 5. The van der Waals surface area contributed by atoms with Crippen LogP contribution < -0.4 is 26.0 Å². The van der Waals surface area contributed by atoms with E-state index < -0.39 is 58.8 Å². The number of aromatic nitrogens is 1. The van der Waals surface area contributed by atoms with E-state index in [4.69, 9.17) is 17.0 Å². The normalized spacial score (nSPS) is 17.6. The number of H-pyrrole nitrogens is 1. The molecule has 5 atom stereocenters. The third kappa shape index (κ3) is 9.29. The minimum Gasteiger partial charge on any atom is -0.497 e. The van der Waals surface area contributed by atoms with Crippen LogP contribution in [0.4, 0.5) is 23.2 Å². The Morgan fingerprint density at radius 2 is 1.60 bits per heavy atom. The Labute approximate surface area is 323 Å². The molecule has 294 valence electrons. The maximum atomic E-state index is 14.8. The maximum Gasteiger partial charge on any atom is 0.418 e. The van der Waals surface area contributed by atoms with E-state index in [1.165, 1.54) is 24.3 Å². The Hall–Kier alpha value is -4.98. The van der Waals surface area contributed by atoms with Crippen molar-refractivity contribution in [1.29, 1.82) is 0 Å². The zero-order chi connectivity index (χ0) is 40.1. The maximum absolute atomic E-state index is 14.8. The molecule has 3 aromatic carbocycles. The number of rotatable bonds is 14. The van der Waals surface area contributed by atoms with Gasteiger partial charge in [0.05, 0.1) is 30.7 Å². The number of benzene rings is 3. The van der Waals surface area contributed by atoms with Gasteiger partial charge in [-0.1, -0.05) is 83.1 Å². The summed E-state index contributed by atoms with van der Waals surface area (Å²) in [4.78, 5) is 45.8. The summed E-state index contributed by atoms with van der Waals surface area (Å²) in [6.07, 6.45) is -3.79. The number of hydrogen-bond acceptors (Lipinski definition) is 5. The number of para-hydroxylation sites is 1. The van der Waals surface area contributed by atoms with Crippen molar-refractivity contribution in [3.05, 3.63) is 94.9 Å². The number of thiocarbonyl (C=S) groups is 1. The molecule has 5 rings (SSSR count). The van der Waals surface area contributed by atoms with Crippen molar-refractivity contribution in [3.63, 3.8) is 0 Å². The van der Waals surface area contributed by atoms with Gasteiger partial charge >= 0.3 is 6.18 Å². The van der Waals surface area contributed by atoms with Crippen LogP contribution in [0.5, 0.6) is 5.75 Å². The lowest BCUT2D eigenvalue weighted by molar-refractivity contribution is -0.137. The number of alkyl halides is 3. The molecule has 14 heteroatoms. The standard InChI is InChI=1S/C41H47F4N5O4S/c1-6-23(3)34(48-33(51)21-25-11-8-9-14-31(25)42)37(52)50-40(20-19-32-29(22-40)28-12-10-13-30(36(28)47-32)41(43,44)45)39(53)49-35(24(4)7-2)38(55)46-26-15-17-27(54-5)18-16-26/h8-18,23-24,34-35,47H,6-7,19-22H2,1-5H3,(H,46,55)(H,48,51)(H,49,53)(H,50,52)/t23?,24-,34-,35?,40+/m0/s1. The molecular formula is C41H47F4N5O4S. The molecule has 3 amide bonds. The van der Waals surface area contributed by atoms with Gasteiger partial charge in [0.2, 0.25) is 17.7 Å². The molecule has 1 aliphatic rings. The molecule has 2 unspecified atom stereocenters. The zero-order valence-corrected chi connectivity index (χ0v) is 32.3. The summed E-state index contributed by atoms with van der Waals surface area (Å²) in [5.41, 5.74) is -0.743. The summed E-state index contributed by atoms with van der Waals surface area (Å²) in [6, 6.07) is 15.0. The molecule has 1 heterocycles. The smallest absolute Gasteiger partial charge is 0.418 e. The van der Waals surface area contributed by atoms with Crippen LogP contribution in [0, 0.1) is 17.7 Å². The number of amides is 3. The average molecular weight is 782 g/mol. The van der Waals surface area contributed by atoms with Crippen LogP contribution in [-0.4, -0.2) is 52.4 Å². The molecule has 1 aliphatic carbocycles. The molecule has 0 fully saturated rings. The molecule has 0 radical (unpaired) electrons. The van der Waals surface area contributed by atoms with Crippen molar-refractivity contribution in [2.75, 3.05) is 12.4 Å². The van der Waals surface area contributed by atoms with Crippen LogP contribution in [0.3, 0.4) is 0 Å². The van der Waals surface area contributed by atoms with Crippen molar-refractivity contribution >= 4 is 51.5 Å². The fourth-order valence-electron chi connectivity index (χ4n) is 7.00. The van der Waals surface area contributed by atoms with E-state index >= 15 is 0 Å². The van der Waals surface area contributed by atoms with E-state index in [-0.39, 0.29) is 42.7 Å². The molecule has 9 nitrogen and oxygen atoms in total. The van der Waals surface area contributed by atoms with Gasteiger partial charge in [-0.05, 0) is 72.2 Å². The second-order valence-electron chi connectivity index (χ2n) is 14.3. The molecule has 4 aromatic rings. The third-order valence-electron chi connectivity index (χ3n) is 10.7. The first-order valence-corrected chi connectivity index (χ1v) is 18.8. The van der Waals surface area contributed by atoms with Gasteiger partial charge < -0.3 is 31.0 Å². The van der Waals surface area contributed by atoms with Crippen molar-refractivity contribution in [2.45, 2.75) is 90.0 Å². The third-order valence-corrected chi connectivity index (χ3v) is 11.0. The Bertz CT molecular complexity index is 2040. The minimum atomic E-state index is -4.63. The number of aryl methyl sites for hydroxylation is 1. The highest BCUT2D eigenvalue weighted by Crippen LogP contribution is 2.40. The van der Waals surface area contributed by atoms with E-state index in [1.807, 2.05) is 20.8 Å². The van der Waals surface area contributed by atoms with Gasteiger partial charge in [-0.15, -0.1) is 0 Å². The predicted octanol–water partition coefficient (Wildman–Crippen LogP) is 7.42. The second kappa shape index (κ2) is 17.2. The van der Waals surface area contributed by atoms with E-state index in [0.717, 1.165) is 6.07 Å². The lowest BCUT2D eigenvalue weighted by Gasteiger charge is -2.40. The molecule has 0 bridgehead atoms. The predicted molar refractivity (Wildman–Crippen MR) is 208 cm³/mol. The van der Waals surface area contributed by atoms with E-state index in [1.54, 1.807) is 50.4 Å². The Balaban J connectivity index is 1.51. The van der Waals surface area contributed by atoms with Crippen molar-refractivity contribution in [1.82, 2.24) is 20.9 Å². The highest BCUT2D eigenvalue weighted by atomic mass is 32.1. The highest BCUT2D eigenvalue weighted by molar-refractivity contribution is 7.80. The molecule has 0 saturated heterocycles. The molecule has 0 saturated carbocycles. The number of aromatic amines is 1. The number of hydrogen-bond donors (Lipinski definition) is 5. The molecule has 0 spiro atoms. The quantitative estimate of drug-likeness (QED) is 0.0671. The molecule has 0 aliphatic heterocycles. The number of halogens is 4. The van der Waals surface area contributed by atoms with Crippen LogP contribution in [0.15, 0.2) is 66.7 Å². The summed E-state index contributed by atoms with van der Waals surface area (Å²) >= 11 is 5.84. The Morgan fingerprint density at radius 1 is 0.927 bits per heavy atom. The summed E-state index contributed by atoms with van der Waals surface area (Å²) in [7, 11) is 1.56. The molecule has 1 aromatic heterocycles. The van der Waals surface area contributed by atoms with Crippen molar-refractivity contribution < 1.29 is 36.7 Å². The van der Waals surface area contributed by atoms with Gasteiger partial charge in [0, 0.05) is 23.2 Å². The number of ether oxygens (including phenoxy) is 1. The summed E-state index contributed by atoms with van der Waals surface area (Å²) in [5, 5.41) is 12.3. The van der Waals surface area contributed by atoms with E-state index in [0.29, 0.717) is 45.9 Å². The average Bonchev–Trinajstić information content (AvgIpc) is 3.53. The lowest BCUT2D eigenvalue weighted by Crippen LogP contribution is -2.67. The largest absolute Gasteiger partial charge is 0.497 e. The molecular weight excluding hydrogens is 735 g/mol. The first kappa shape index (κ1) is 41.2. The monoisotopic (exact) mass is 781 g/mol. The van der Waals surface area contributed by atoms with Gasteiger partial charge in [0.1, 0.15) is 28.1 Å². The second-order valence-corrected chi connectivity index (χ2v) is 14.7. The van der Waals surface area contributed by atoms with Crippen LogP contribution >= 0.6 is 12.2 Å². The van der Waals surface area contributed by atoms with Crippen LogP contribution in [-0.2, 0) is 39.8 Å². The van der Waals surface area contributed by atoms with Crippen molar-refractivity contribution in [3.8, 4) is 5.75 Å². The van der Waals surface area contributed by atoms with Gasteiger partial charge in [0.25, 0.3) is 0 Å². The summed E-state index contributed by atoms with van der Waals surface area (Å²) in [6.45, 7) is 7.51. The molecule has 5 N–H and O–H groups in total. The summed E-state index contributed by atoms with van der Waals surface area (Å²) in [5.74, 6) is -2.28. The van der Waals surface area contributed by atoms with E-state index in [9.17, 15) is 31.9 Å². The van der Waals surface area contributed by atoms with Crippen molar-refractivity contribution in [2.24, 2.45) is 11.8 Å². The highest BCUT2D eigenvalue weighted by Gasteiger charge is 2.47. The SMILES string of the molecule is CCC(C)[C@H](NC(=O)Cc1ccccc1F)C(=O)N[C@]1(C(=O)NC(C(=S)Nc2ccc(OC)cc2)[C@@H](C)CC)CCc2[nH]c3c(C(F)(F)F)cccc3c2C1. The summed E-state index contributed by atoms with van der Waals surface area (Å²) < 4.78 is 62.0. The number of anilines is 1. The van der Waals surface area contributed by atoms with Crippen LogP contribution in [0.2, 0.25) is 0 Å². The fourth-order valence-corrected chi connectivity index (χ4v) is 7.40. The van der Waals surface area contributed by atoms with Crippen LogP contribution in [0.1, 0.15) is 69.3 Å². The van der Waals surface area contributed by atoms with E-state index in [2.05, 4.69) is 26.3 Å². The minimum absolute atomic E-state index is 0.0358.